The molecule has 0 aliphatic heterocycles. The van der Waals surface area contributed by atoms with Crippen molar-refractivity contribution in [2.45, 2.75) is 10.6 Å². The molecule has 0 aliphatic rings. The standard InChI is InChI=1S/C11H8BrNO5S/c12-9-2-1-8(11(14)15)3-10(9)19(16,17)6-7-4-13-18-5-7/h1-5H,6H2,(H,14,15). The molecule has 0 spiro atoms. The van der Waals surface area contributed by atoms with E-state index in [1.807, 2.05) is 0 Å². The molecule has 1 N–H and O–H groups in total. The number of hydrogen-bond acceptors (Lipinski definition) is 5. The van der Waals surface area contributed by atoms with Gasteiger partial charge in [0.15, 0.2) is 9.84 Å². The Morgan fingerprint density at radius 3 is 2.74 bits per heavy atom. The van der Waals surface area contributed by atoms with Crippen LogP contribution in [0.15, 0.2) is 44.6 Å². The van der Waals surface area contributed by atoms with Crippen LogP contribution in [0, 0.1) is 0 Å². The minimum atomic E-state index is -3.68. The Bertz CT molecular complexity index is 709. The number of aromatic carboxylic acids is 1. The van der Waals surface area contributed by atoms with Crippen LogP contribution in [-0.2, 0) is 15.6 Å². The number of halogens is 1. The van der Waals surface area contributed by atoms with Crippen LogP contribution in [0.4, 0.5) is 0 Å². The molecule has 0 saturated carbocycles. The van der Waals surface area contributed by atoms with Crippen molar-refractivity contribution in [2.24, 2.45) is 0 Å². The van der Waals surface area contributed by atoms with E-state index >= 15 is 0 Å². The van der Waals surface area contributed by atoms with Gasteiger partial charge in [-0.25, -0.2) is 13.2 Å². The number of nitrogens with zero attached hydrogens (tertiary/aromatic N) is 1. The van der Waals surface area contributed by atoms with E-state index in [4.69, 9.17) is 5.11 Å². The van der Waals surface area contributed by atoms with Crippen LogP contribution in [-0.4, -0.2) is 24.7 Å². The van der Waals surface area contributed by atoms with Crippen molar-refractivity contribution in [3.05, 3.63) is 46.3 Å². The topological polar surface area (TPSA) is 97.5 Å². The van der Waals surface area contributed by atoms with Gasteiger partial charge in [-0.2, -0.15) is 0 Å². The van der Waals surface area contributed by atoms with Crippen molar-refractivity contribution in [1.82, 2.24) is 5.16 Å². The molecule has 0 amide bonds. The van der Waals surface area contributed by atoms with E-state index in [9.17, 15) is 13.2 Å². The van der Waals surface area contributed by atoms with Gasteiger partial charge in [-0.3, -0.25) is 0 Å². The molecular weight excluding hydrogens is 338 g/mol. The Morgan fingerprint density at radius 2 is 2.16 bits per heavy atom. The quantitative estimate of drug-likeness (QED) is 0.911. The maximum absolute atomic E-state index is 12.2. The minimum Gasteiger partial charge on any atom is -0.478 e. The number of carbonyl (C=O) groups is 1. The first kappa shape index (κ1) is 13.8. The summed E-state index contributed by atoms with van der Waals surface area (Å²) in [6, 6.07) is 3.84. The van der Waals surface area contributed by atoms with Crippen molar-refractivity contribution in [3.63, 3.8) is 0 Å². The second kappa shape index (κ2) is 5.14. The van der Waals surface area contributed by atoms with Crippen molar-refractivity contribution in [1.29, 1.82) is 0 Å². The third-order valence-electron chi connectivity index (χ3n) is 2.35. The van der Waals surface area contributed by atoms with Gasteiger partial charge >= 0.3 is 5.97 Å². The summed E-state index contributed by atoms with van der Waals surface area (Å²) in [6.07, 6.45) is 2.53. The van der Waals surface area contributed by atoms with Gasteiger partial charge in [0.25, 0.3) is 0 Å². The zero-order valence-electron chi connectivity index (χ0n) is 9.41. The molecule has 0 radical (unpaired) electrons. The number of rotatable bonds is 4. The Morgan fingerprint density at radius 1 is 1.42 bits per heavy atom. The van der Waals surface area contributed by atoms with Gasteiger partial charge in [0.05, 0.1) is 22.4 Å². The van der Waals surface area contributed by atoms with E-state index in [-0.39, 0.29) is 16.2 Å². The smallest absolute Gasteiger partial charge is 0.335 e. The van der Waals surface area contributed by atoms with Gasteiger partial charge in [0, 0.05) is 10.0 Å². The normalized spacial score (nSPS) is 11.4. The lowest BCUT2D eigenvalue weighted by Crippen LogP contribution is -2.07. The maximum atomic E-state index is 12.2. The summed E-state index contributed by atoms with van der Waals surface area (Å²) in [5.74, 6) is -1.49. The molecule has 0 atom stereocenters. The van der Waals surface area contributed by atoms with Crippen molar-refractivity contribution in [3.8, 4) is 0 Å². The Labute approximate surface area is 117 Å². The Kier molecular flexibility index (Phi) is 3.72. The molecular formula is C11H8BrNO5S. The molecule has 1 heterocycles. The van der Waals surface area contributed by atoms with Gasteiger partial charge in [-0.1, -0.05) is 5.16 Å². The van der Waals surface area contributed by atoms with Crippen molar-refractivity contribution >= 4 is 31.7 Å². The Hall–Kier alpha value is -1.67. The minimum absolute atomic E-state index is 0.0754. The summed E-state index contributed by atoms with van der Waals surface area (Å²) in [5.41, 5.74) is 0.305. The summed E-state index contributed by atoms with van der Waals surface area (Å²) in [6.45, 7) is 0. The van der Waals surface area contributed by atoms with Gasteiger partial charge in [0.2, 0.25) is 0 Å². The highest BCUT2D eigenvalue weighted by molar-refractivity contribution is 9.10. The lowest BCUT2D eigenvalue weighted by atomic mass is 10.2. The van der Waals surface area contributed by atoms with Crippen LogP contribution < -0.4 is 0 Å². The summed E-state index contributed by atoms with van der Waals surface area (Å²) < 4.78 is 29.3. The second-order valence-electron chi connectivity index (χ2n) is 3.74. The molecule has 0 bridgehead atoms. The highest BCUT2D eigenvalue weighted by Gasteiger charge is 2.21. The summed E-state index contributed by atoms with van der Waals surface area (Å²) >= 11 is 3.11. The molecule has 1 aromatic heterocycles. The average Bonchev–Trinajstić information content (AvgIpc) is 2.81. The molecule has 2 aromatic rings. The molecule has 19 heavy (non-hydrogen) atoms. The van der Waals surface area contributed by atoms with Crippen LogP contribution in [0.1, 0.15) is 15.9 Å². The number of carboxylic acids is 1. The van der Waals surface area contributed by atoms with Crippen LogP contribution in [0.25, 0.3) is 0 Å². The van der Waals surface area contributed by atoms with E-state index in [1.54, 1.807) is 0 Å². The largest absolute Gasteiger partial charge is 0.478 e. The maximum Gasteiger partial charge on any atom is 0.335 e. The van der Waals surface area contributed by atoms with E-state index < -0.39 is 15.8 Å². The monoisotopic (exact) mass is 345 g/mol. The van der Waals surface area contributed by atoms with Crippen LogP contribution in [0.3, 0.4) is 0 Å². The molecule has 1 aromatic carbocycles. The van der Waals surface area contributed by atoms with Crippen LogP contribution >= 0.6 is 15.9 Å². The van der Waals surface area contributed by atoms with Crippen LogP contribution in [0.2, 0.25) is 0 Å². The fourth-order valence-electron chi connectivity index (χ4n) is 1.47. The third kappa shape index (κ3) is 3.02. The van der Waals surface area contributed by atoms with Gasteiger partial charge in [-0.05, 0) is 34.1 Å². The molecule has 8 heteroatoms. The summed E-state index contributed by atoms with van der Waals surface area (Å²) in [7, 11) is -3.68. The summed E-state index contributed by atoms with van der Waals surface area (Å²) in [4.78, 5) is 10.8. The predicted molar refractivity (Wildman–Crippen MR) is 68.5 cm³/mol. The number of aromatic nitrogens is 1. The van der Waals surface area contributed by atoms with Crippen LogP contribution in [0.5, 0.6) is 0 Å². The lowest BCUT2D eigenvalue weighted by Gasteiger charge is -2.06. The van der Waals surface area contributed by atoms with Crippen molar-refractivity contribution < 1.29 is 22.8 Å². The molecule has 0 aliphatic carbocycles. The van der Waals surface area contributed by atoms with E-state index in [0.29, 0.717) is 10.0 Å². The molecule has 0 saturated heterocycles. The highest BCUT2D eigenvalue weighted by Crippen LogP contribution is 2.26. The van der Waals surface area contributed by atoms with Gasteiger partial charge in [-0.15, -0.1) is 0 Å². The van der Waals surface area contributed by atoms with Gasteiger partial charge in [0.1, 0.15) is 6.26 Å². The van der Waals surface area contributed by atoms with E-state index in [1.165, 1.54) is 24.6 Å². The predicted octanol–water partition coefficient (Wildman–Crippen LogP) is 2.11. The second-order valence-corrected chi connectivity index (χ2v) is 6.55. The first-order valence-corrected chi connectivity index (χ1v) is 7.48. The fourth-order valence-corrected chi connectivity index (χ4v) is 3.86. The SMILES string of the molecule is O=C(O)c1ccc(Br)c(S(=O)(=O)Cc2cnoc2)c1. The van der Waals surface area contributed by atoms with Crippen molar-refractivity contribution in [2.75, 3.05) is 0 Å². The molecule has 0 unspecified atom stereocenters. The zero-order valence-corrected chi connectivity index (χ0v) is 11.8. The zero-order chi connectivity index (χ0) is 14.0. The molecule has 0 fully saturated rings. The molecule has 100 valence electrons. The first-order chi connectivity index (χ1) is 8.90. The van der Waals surface area contributed by atoms with Gasteiger partial charge < -0.3 is 9.63 Å². The number of carboxylic acid groups (broad SMARTS) is 1. The third-order valence-corrected chi connectivity index (χ3v) is 5.03. The number of hydrogen-bond donors (Lipinski definition) is 1. The Balaban J connectivity index is 2.45. The number of benzene rings is 1. The number of sulfone groups is 1. The lowest BCUT2D eigenvalue weighted by molar-refractivity contribution is 0.0696. The molecule has 6 nitrogen and oxygen atoms in total. The van der Waals surface area contributed by atoms with E-state index in [0.717, 1.165) is 6.07 Å². The first-order valence-electron chi connectivity index (χ1n) is 5.04. The fraction of sp³-hybridized carbons (Fsp3) is 0.0909. The molecule has 2 rings (SSSR count). The highest BCUT2D eigenvalue weighted by atomic mass is 79.9. The average molecular weight is 346 g/mol. The van der Waals surface area contributed by atoms with E-state index in [2.05, 4.69) is 25.6 Å². The summed E-state index contributed by atoms with van der Waals surface area (Å²) in [5, 5.41) is 12.3.